The molecule has 1 aromatic rings. The van der Waals surface area contributed by atoms with Crippen molar-refractivity contribution in [1.29, 1.82) is 0 Å². The van der Waals surface area contributed by atoms with E-state index >= 15 is 0 Å². The van der Waals surface area contributed by atoms with Gasteiger partial charge >= 0.3 is 0 Å². The van der Waals surface area contributed by atoms with Gasteiger partial charge in [0.2, 0.25) is 10.0 Å². The van der Waals surface area contributed by atoms with Gasteiger partial charge in [0.1, 0.15) is 5.82 Å². The fourth-order valence-corrected chi connectivity index (χ4v) is 3.30. The molecule has 1 N–H and O–H groups in total. The average molecular weight is 402 g/mol. The molecule has 1 atom stereocenters. The Morgan fingerprint density at radius 2 is 1.83 bits per heavy atom. The molecule has 138 valence electrons. The van der Waals surface area contributed by atoms with Crippen LogP contribution in [0.1, 0.15) is 38.8 Å². The summed E-state index contributed by atoms with van der Waals surface area (Å²) >= 11 is 5.75. The maximum atomic E-state index is 14.3. The minimum absolute atomic E-state index is 0.0208. The molecular formula is C14H21ClFNO5S2. The Hall–Kier alpha value is -0.740. The van der Waals surface area contributed by atoms with Crippen molar-refractivity contribution in [2.24, 2.45) is 0 Å². The summed E-state index contributed by atoms with van der Waals surface area (Å²) in [5, 5.41) is -0.156. The number of benzene rings is 1. The highest BCUT2D eigenvalue weighted by Gasteiger charge is 2.32. The van der Waals surface area contributed by atoms with Gasteiger partial charge in [-0.3, -0.25) is 4.18 Å². The zero-order valence-electron chi connectivity index (χ0n) is 13.8. The minimum Gasteiger partial charge on any atom is -0.270 e. The molecule has 1 rings (SSSR count). The molecule has 24 heavy (non-hydrogen) atoms. The minimum atomic E-state index is -3.81. The second kappa shape index (κ2) is 7.65. The molecular weight excluding hydrogens is 381 g/mol. The van der Waals surface area contributed by atoms with Crippen LogP contribution in [0.4, 0.5) is 4.39 Å². The molecule has 6 nitrogen and oxygen atoms in total. The third-order valence-corrected chi connectivity index (χ3v) is 6.26. The topological polar surface area (TPSA) is 89.5 Å². The molecule has 0 radical (unpaired) electrons. The molecule has 0 amide bonds. The molecule has 10 heteroatoms. The second-order valence-electron chi connectivity index (χ2n) is 6.24. The maximum absolute atomic E-state index is 14.3. The van der Waals surface area contributed by atoms with E-state index < -0.39 is 36.7 Å². The first-order valence-electron chi connectivity index (χ1n) is 7.05. The van der Waals surface area contributed by atoms with Crippen LogP contribution in [0.2, 0.25) is 5.02 Å². The van der Waals surface area contributed by atoms with Gasteiger partial charge in [-0.15, -0.1) is 0 Å². The quantitative estimate of drug-likeness (QED) is 0.709. The molecule has 0 aliphatic rings. The summed E-state index contributed by atoms with van der Waals surface area (Å²) in [5.74, 6) is -0.764. The lowest BCUT2D eigenvalue weighted by atomic mass is 10.0. The first-order chi connectivity index (χ1) is 10.7. The van der Waals surface area contributed by atoms with E-state index in [9.17, 15) is 21.2 Å². The first-order valence-corrected chi connectivity index (χ1v) is 10.7. The van der Waals surface area contributed by atoms with Gasteiger partial charge in [-0.1, -0.05) is 23.7 Å². The van der Waals surface area contributed by atoms with Gasteiger partial charge in [-0.05, 0) is 33.3 Å². The standard InChI is InChI=1S/C14H21ClFNO5S2/c1-14(2,3)24(20,21)17-12(8-9-22-23(4,18)19)10-6-5-7-11(15)13(10)16/h5-7,12,17H,8-9H2,1-4H3/t12-/m1/s1. The Kier molecular flexibility index (Phi) is 6.79. The highest BCUT2D eigenvalue weighted by Crippen LogP contribution is 2.28. The van der Waals surface area contributed by atoms with Gasteiger partial charge in [-0.25, -0.2) is 17.5 Å². The van der Waals surface area contributed by atoms with Gasteiger partial charge in [0.25, 0.3) is 10.1 Å². The van der Waals surface area contributed by atoms with Crippen LogP contribution < -0.4 is 4.72 Å². The van der Waals surface area contributed by atoms with Crippen molar-refractivity contribution >= 4 is 31.7 Å². The van der Waals surface area contributed by atoms with Crippen molar-refractivity contribution in [3.05, 3.63) is 34.6 Å². The molecule has 0 fully saturated rings. The SMILES string of the molecule is CC(C)(C)S(=O)(=O)N[C@H](CCOS(C)(=O)=O)c1cccc(Cl)c1F. The Balaban J connectivity index is 3.15. The molecule has 0 bridgehead atoms. The lowest BCUT2D eigenvalue weighted by Gasteiger charge is -2.26. The monoisotopic (exact) mass is 401 g/mol. The Bertz CT molecular complexity index is 788. The van der Waals surface area contributed by atoms with E-state index in [0.717, 1.165) is 6.26 Å². The summed E-state index contributed by atoms with van der Waals surface area (Å²) < 4.78 is 67.0. The van der Waals surface area contributed by atoms with Crippen LogP contribution in [0, 0.1) is 5.82 Å². The van der Waals surface area contributed by atoms with Crippen molar-refractivity contribution in [1.82, 2.24) is 4.72 Å². The van der Waals surface area contributed by atoms with E-state index in [1.54, 1.807) is 0 Å². The van der Waals surface area contributed by atoms with Gasteiger partial charge in [-0.2, -0.15) is 8.42 Å². The predicted octanol–water partition coefficient (Wildman–Crippen LogP) is 2.60. The number of hydrogen-bond acceptors (Lipinski definition) is 5. The molecule has 0 heterocycles. The maximum Gasteiger partial charge on any atom is 0.264 e. The van der Waals surface area contributed by atoms with Gasteiger partial charge in [0, 0.05) is 5.56 Å². The second-order valence-corrected chi connectivity index (χ2v) is 10.8. The number of hydrogen-bond donors (Lipinski definition) is 1. The molecule has 0 spiro atoms. The molecule has 0 aliphatic carbocycles. The summed E-state index contributed by atoms with van der Waals surface area (Å²) in [5.41, 5.74) is 0.0208. The van der Waals surface area contributed by atoms with Crippen LogP contribution in [0.25, 0.3) is 0 Å². The van der Waals surface area contributed by atoms with Crippen LogP contribution in [-0.4, -0.2) is 34.4 Å². The number of halogens is 2. The molecule has 0 aliphatic heterocycles. The normalized spacial score (nSPS) is 14.6. The third kappa shape index (κ3) is 5.96. The number of sulfonamides is 1. The first kappa shape index (κ1) is 21.3. The third-order valence-electron chi connectivity index (χ3n) is 3.16. The van der Waals surface area contributed by atoms with Crippen molar-refractivity contribution < 1.29 is 25.4 Å². The van der Waals surface area contributed by atoms with E-state index in [2.05, 4.69) is 8.91 Å². The van der Waals surface area contributed by atoms with E-state index in [1.807, 2.05) is 0 Å². The summed E-state index contributed by atoms with van der Waals surface area (Å²) in [6, 6.07) is 3.19. The Morgan fingerprint density at radius 1 is 1.25 bits per heavy atom. The summed E-state index contributed by atoms with van der Waals surface area (Å²) in [7, 11) is -7.49. The molecule has 1 aromatic carbocycles. The number of rotatable bonds is 7. The zero-order chi connectivity index (χ0) is 18.8. The fourth-order valence-electron chi connectivity index (χ4n) is 1.75. The van der Waals surface area contributed by atoms with Crippen molar-refractivity contribution in [2.45, 2.75) is 38.0 Å². The smallest absolute Gasteiger partial charge is 0.264 e. The van der Waals surface area contributed by atoms with Crippen LogP contribution in [0.5, 0.6) is 0 Å². The van der Waals surface area contributed by atoms with Gasteiger partial charge in [0.05, 0.1) is 28.7 Å². The van der Waals surface area contributed by atoms with Gasteiger partial charge in [0.15, 0.2) is 0 Å². The van der Waals surface area contributed by atoms with E-state index in [-0.39, 0.29) is 23.6 Å². The van der Waals surface area contributed by atoms with Crippen molar-refractivity contribution in [3.8, 4) is 0 Å². The van der Waals surface area contributed by atoms with Crippen molar-refractivity contribution in [3.63, 3.8) is 0 Å². The highest BCUT2D eigenvalue weighted by atomic mass is 35.5. The van der Waals surface area contributed by atoms with Crippen LogP contribution in [0.3, 0.4) is 0 Å². The van der Waals surface area contributed by atoms with E-state index in [0.29, 0.717) is 0 Å². The van der Waals surface area contributed by atoms with Crippen molar-refractivity contribution in [2.75, 3.05) is 12.9 Å². The average Bonchev–Trinajstić information content (AvgIpc) is 2.38. The molecule has 0 aromatic heterocycles. The fraction of sp³-hybridized carbons (Fsp3) is 0.571. The van der Waals surface area contributed by atoms with Crippen LogP contribution in [0.15, 0.2) is 18.2 Å². The predicted molar refractivity (Wildman–Crippen MR) is 91.4 cm³/mol. The van der Waals surface area contributed by atoms with Gasteiger partial charge < -0.3 is 0 Å². The summed E-state index contributed by atoms with van der Waals surface area (Å²) in [4.78, 5) is 0. The summed E-state index contributed by atoms with van der Waals surface area (Å²) in [6.07, 6.45) is 0.793. The van der Waals surface area contributed by atoms with Crippen LogP contribution >= 0.6 is 11.6 Å². The van der Waals surface area contributed by atoms with E-state index in [1.165, 1.54) is 39.0 Å². The number of nitrogens with one attached hydrogen (secondary N) is 1. The molecule has 0 saturated heterocycles. The Morgan fingerprint density at radius 3 is 2.33 bits per heavy atom. The van der Waals surface area contributed by atoms with Crippen LogP contribution in [-0.2, 0) is 24.3 Å². The molecule has 0 unspecified atom stereocenters. The zero-order valence-corrected chi connectivity index (χ0v) is 16.2. The van der Waals surface area contributed by atoms with E-state index in [4.69, 9.17) is 11.6 Å². The summed E-state index contributed by atoms with van der Waals surface area (Å²) in [6.45, 7) is 4.18. The lowest BCUT2D eigenvalue weighted by Crippen LogP contribution is -2.41. The lowest BCUT2D eigenvalue weighted by molar-refractivity contribution is 0.298. The highest BCUT2D eigenvalue weighted by molar-refractivity contribution is 7.90. The Labute approximate surface area is 147 Å². The largest absolute Gasteiger partial charge is 0.270 e. The molecule has 0 saturated carbocycles.